The first-order valence-electron chi connectivity index (χ1n) is 16.1. The van der Waals surface area contributed by atoms with E-state index in [9.17, 15) is 24.6 Å². The van der Waals surface area contributed by atoms with Crippen LogP contribution in [-0.2, 0) is 19.8 Å². The number of hydrogen-bond acceptors (Lipinski definition) is 8. The minimum absolute atomic E-state index is 0.107. The number of phenolic OH excluding ortho intramolecular Hbond substituents is 2. The fraction of sp³-hybridized carbons (Fsp3) is 0.0952. The summed E-state index contributed by atoms with van der Waals surface area (Å²) in [5, 5.41) is 22.2. The second-order valence-electron chi connectivity index (χ2n) is 11.9. The predicted molar refractivity (Wildman–Crippen MR) is 192 cm³/mol. The molecule has 0 fully saturated rings. The van der Waals surface area contributed by atoms with Crippen molar-refractivity contribution in [2.75, 3.05) is 5.32 Å². The Hall–Kier alpha value is -6.74. The third-order valence-electron chi connectivity index (χ3n) is 8.45. The Morgan fingerprint density at radius 3 is 1.55 bits per heavy atom. The number of aromatic hydroxyl groups is 2. The number of esters is 2. The number of anilines is 1. The summed E-state index contributed by atoms with van der Waals surface area (Å²) in [6.45, 7) is 2.74. The van der Waals surface area contributed by atoms with E-state index in [1.54, 1.807) is 79.0 Å². The molecule has 0 aliphatic carbocycles. The van der Waals surface area contributed by atoms with Crippen molar-refractivity contribution in [1.82, 2.24) is 4.98 Å². The number of pyridine rings is 1. The molecule has 1 aliphatic heterocycles. The van der Waals surface area contributed by atoms with Crippen molar-refractivity contribution in [2.24, 2.45) is 0 Å². The van der Waals surface area contributed by atoms with Crippen molar-refractivity contribution in [1.29, 1.82) is 0 Å². The molecule has 0 saturated carbocycles. The molecule has 1 amide bonds. The molecule has 51 heavy (non-hydrogen) atoms. The maximum Gasteiger partial charge on any atom is 0.308 e. The lowest BCUT2D eigenvalue weighted by atomic mass is 9.70. The number of benzene rings is 5. The fourth-order valence-electron chi connectivity index (χ4n) is 6.29. The third-order valence-corrected chi connectivity index (χ3v) is 8.45. The summed E-state index contributed by atoms with van der Waals surface area (Å²) < 4.78 is 10.2. The largest absolute Gasteiger partial charge is 0.508 e. The van der Waals surface area contributed by atoms with E-state index >= 15 is 0 Å². The lowest BCUT2D eigenvalue weighted by Gasteiger charge is -2.29. The molecule has 0 atom stereocenters. The fourth-order valence-corrected chi connectivity index (χ4v) is 6.29. The van der Waals surface area contributed by atoms with Gasteiger partial charge in [0.15, 0.2) is 0 Å². The highest BCUT2D eigenvalue weighted by molar-refractivity contribution is 6.11. The van der Waals surface area contributed by atoms with Gasteiger partial charge in [0, 0.05) is 31.3 Å². The highest BCUT2D eigenvalue weighted by Gasteiger charge is 2.49. The minimum Gasteiger partial charge on any atom is -0.508 e. The number of nitrogens with zero attached hydrogens (tertiary/aromatic N) is 1. The van der Waals surface area contributed by atoms with Gasteiger partial charge in [-0.1, -0.05) is 72.8 Å². The van der Waals surface area contributed by atoms with Crippen molar-refractivity contribution >= 4 is 23.5 Å². The Morgan fingerprint density at radius 1 is 0.627 bits per heavy atom. The minimum atomic E-state index is -1.02. The van der Waals surface area contributed by atoms with E-state index in [0.717, 1.165) is 39.2 Å². The number of fused-ring (bicyclic) bond motifs is 1. The maximum absolute atomic E-state index is 13.1. The van der Waals surface area contributed by atoms with Gasteiger partial charge in [-0.2, -0.15) is 0 Å². The van der Waals surface area contributed by atoms with Gasteiger partial charge in [-0.3, -0.25) is 19.4 Å². The smallest absolute Gasteiger partial charge is 0.308 e. The summed E-state index contributed by atoms with van der Waals surface area (Å²) in [5.74, 6) is 0.309. The number of carbonyl (C=O) groups excluding carboxylic acids is 3. The number of ether oxygens (including phenoxy) is 2. The van der Waals surface area contributed by atoms with Crippen LogP contribution in [0.5, 0.6) is 23.0 Å². The third kappa shape index (κ3) is 7.33. The highest BCUT2D eigenvalue weighted by Crippen LogP contribution is 2.48. The summed E-state index contributed by atoms with van der Waals surface area (Å²) in [7, 11) is 0. The number of amides is 1. The number of phenols is 2. The number of para-hydroxylation sites is 1. The summed E-state index contributed by atoms with van der Waals surface area (Å²) in [4.78, 5) is 39.8. The normalized spacial score (nSPS) is 12.6. The van der Waals surface area contributed by atoms with Crippen LogP contribution in [-0.4, -0.2) is 33.0 Å². The van der Waals surface area contributed by atoms with Gasteiger partial charge in [0.25, 0.3) is 0 Å². The van der Waals surface area contributed by atoms with Crippen LogP contribution in [0.25, 0.3) is 0 Å². The van der Waals surface area contributed by atoms with Gasteiger partial charge in [-0.15, -0.1) is 0 Å². The molecular weight excluding hydrogens is 644 g/mol. The topological polar surface area (TPSA) is 135 Å². The zero-order valence-corrected chi connectivity index (χ0v) is 27.8. The molecule has 0 bridgehead atoms. The van der Waals surface area contributed by atoms with Crippen LogP contribution in [0.1, 0.15) is 53.3 Å². The van der Waals surface area contributed by atoms with Crippen molar-refractivity contribution in [3.63, 3.8) is 0 Å². The van der Waals surface area contributed by atoms with E-state index in [0.29, 0.717) is 11.5 Å². The van der Waals surface area contributed by atoms with Gasteiger partial charge in [-0.05, 0) is 89.0 Å². The summed E-state index contributed by atoms with van der Waals surface area (Å²) in [6, 6.07) is 41.4. The van der Waals surface area contributed by atoms with E-state index in [1.165, 1.54) is 13.8 Å². The van der Waals surface area contributed by atoms with Crippen LogP contribution in [0.4, 0.5) is 5.69 Å². The van der Waals surface area contributed by atoms with Crippen LogP contribution in [0.15, 0.2) is 146 Å². The van der Waals surface area contributed by atoms with Gasteiger partial charge >= 0.3 is 11.9 Å². The molecule has 254 valence electrons. The molecule has 5 aromatic carbocycles. The van der Waals surface area contributed by atoms with Crippen molar-refractivity contribution in [2.45, 2.75) is 25.2 Å². The Balaban J connectivity index is 0.000000177. The van der Waals surface area contributed by atoms with E-state index in [2.05, 4.69) is 10.3 Å². The number of carbonyl (C=O) groups is 3. The lowest BCUT2D eigenvalue weighted by Crippen LogP contribution is -2.36. The van der Waals surface area contributed by atoms with Crippen LogP contribution in [0.3, 0.4) is 0 Å². The van der Waals surface area contributed by atoms with E-state index in [-0.39, 0.29) is 35.3 Å². The quantitative estimate of drug-likeness (QED) is 0.117. The lowest BCUT2D eigenvalue weighted by molar-refractivity contribution is -0.132. The number of hydrogen-bond donors (Lipinski definition) is 3. The Labute approximate surface area is 294 Å². The highest BCUT2D eigenvalue weighted by atomic mass is 16.5. The molecule has 9 nitrogen and oxygen atoms in total. The monoisotopic (exact) mass is 678 g/mol. The second-order valence-corrected chi connectivity index (χ2v) is 11.9. The summed E-state index contributed by atoms with van der Waals surface area (Å²) >= 11 is 0. The van der Waals surface area contributed by atoms with Gasteiger partial charge in [-0.25, -0.2) is 0 Å². The zero-order valence-electron chi connectivity index (χ0n) is 27.8. The molecule has 7 rings (SSSR count). The van der Waals surface area contributed by atoms with Crippen LogP contribution in [0, 0.1) is 0 Å². The summed E-state index contributed by atoms with van der Waals surface area (Å²) in [6.07, 6.45) is 1.75. The molecular formula is C42H34N2O7. The van der Waals surface area contributed by atoms with Gasteiger partial charge in [0.05, 0.1) is 11.6 Å². The average Bonchev–Trinajstić information content (AvgIpc) is 3.43. The van der Waals surface area contributed by atoms with E-state index in [4.69, 9.17) is 9.47 Å². The second kappa shape index (κ2) is 14.8. The van der Waals surface area contributed by atoms with Gasteiger partial charge < -0.3 is 25.0 Å². The zero-order chi connectivity index (χ0) is 36.0. The standard InChI is InChI=1S/C22H19NO4.C20H15NO3/c1-15(24)26-19-10-6-17(7-11-19)22(21-5-3-4-14-23-21)18-8-12-20(13-9-18)27-16(2)25;22-15-9-5-13(6-10-15)20(14-7-11-16(23)12-8-14)17-3-1-2-4-18(17)21-19(20)24/h3-14,22H,1-2H3;1-12,22-23H,(H,21,24). The van der Waals surface area contributed by atoms with Gasteiger partial charge in [0.1, 0.15) is 28.4 Å². The van der Waals surface area contributed by atoms with Crippen LogP contribution in [0.2, 0.25) is 0 Å². The molecule has 1 aromatic heterocycles. The molecule has 0 radical (unpaired) electrons. The molecule has 0 spiro atoms. The molecule has 0 saturated heterocycles. The first-order valence-corrected chi connectivity index (χ1v) is 16.1. The average molecular weight is 679 g/mol. The van der Waals surface area contributed by atoms with Gasteiger partial charge in [0.2, 0.25) is 5.91 Å². The van der Waals surface area contributed by atoms with Crippen molar-refractivity contribution in [3.05, 3.63) is 179 Å². The Morgan fingerprint density at radius 2 is 1.10 bits per heavy atom. The molecule has 2 heterocycles. The Bertz CT molecular complexity index is 2040. The number of rotatable bonds is 7. The van der Waals surface area contributed by atoms with Crippen LogP contribution < -0.4 is 14.8 Å². The van der Waals surface area contributed by atoms with Crippen molar-refractivity contribution in [3.8, 4) is 23.0 Å². The number of aromatic nitrogens is 1. The number of nitrogens with one attached hydrogen (secondary N) is 1. The Kier molecular flexibility index (Phi) is 9.90. The SMILES string of the molecule is CC(=O)Oc1ccc(C(c2ccc(OC(C)=O)cc2)c2ccccn2)cc1.O=C1Nc2ccccc2C1(c1ccc(O)cc1)c1ccc(O)cc1. The first kappa shape index (κ1) is 34.1. The first-order chi connectivity index (χ1) is 24.6. The van der Waals surface area contributed by atoms with E-state index < -0.39 is 5.41 Å². The molecule has 6 aromatic rings. The molecule has 0 unspecified atom stereocenters. The molecule has 9 heteroatoms. The molecule has 1 aliphatic rings. The molecule has 3 N–H and O–H groups in total. The van der Waals surface area contributed by atoms with Crippen molar-refractivity contribution < 1.29 is 34.1 Å². The summed E-state index contributed by atoms with van der Waals surface area (Å²) in [5.41, 5.74) is 5.02. The predicted octanol–water partition coefficient (Wildman–Crippen LogP) is 7.50. The maximum atomic E-state index is 13.1. The van der Waals surface area contributed by atoms with Crippen LogP contribution >= 0.6 is 0 Å². The van der Waals surface area contributed by atoms with E-state index in [1.807, 2.05) is 66.7 Å².